The zero-order chi connectivity index (χ0) is 12.1. The molecule has 2 rings (SSSR count). The Bertz CT molecular complexity index is 278. The molecule has 0 aromatic carbocycles. The van der Waals surface area contributed by atoms with Gasteiger partial charge in [0.2, 0.25) is 5.91 Å². The van der Waals surface area contributed by atoms with E-state index in [1.807, 2.05) is 0 Å². The molecule has 2 amide bonds. The molecule has 0 spiro atoms. The number of hydrogen-bond donors (Lipinski definition) is 2. The average Bonchev–Trinajstić information content (AvgIpc) is 2.75. The van der Waals surface area contributed by atoms with E-state index in [1.165, 1.54) is 12.8 Å². The van der Waals surface area contributed by atoms with Crippen molar-refractivity contribution in [2.45, 2.75) is 44.2 Å². The molecule has 5 nitrogen and oxygen atoms in total. The first-order valence-corrected chi connectivity index (χ1v) is 6.30. The van der Waals surface area contributed by atoms with Crippen LogP contribution in [0.5, 0.6) is 0 Å². The summed E-state index contributed by atoms with van der Waals surface area (Å²) in [6.45, 7) is 1.15. The van der Waals surface area contributed by atoms with Crippen molar-refractivity contribution in [1.29, 1.82) is 0 Å². The first kappa shape index (κ1) is 14.0. The van der Waals surface area contributed by atoms with Gasteiger partial charge in [-0.15, -0.1) is 0 Å². The normalized spacial score (nSPS) is 21.6. The van der Waals surface area contributed by atoms with Crippen molar-refractivity contribution in [3.63, 3.8) is 0 Å². The van der Waals surface area contributed by atoms with Gasteiger partial charge in [0.15, 0.2) is 0 Å². The van der Waals surface area contributed by atoms with Crippen molar-refractivity contribution in [3.8, 4) is 0 Å². The summed E-state index contributed by atoms with van der Waals surface area (Å²) >= 11 is 0. The van der Waals surface area contributed by atoms with Crippen LogP contribution in [-0.4, -0.2) is 37.6 Å². The van der Waals surface area contributed by atoms with Gasteiger partial charge in [-0.2, -0.15) is 6.41 Å². The Balaban J connectivity index is 0.00000162. The van der Waals surface area contributed by atoms with Crippen LogP contribution in [-0.2, 0) is 14.3 Å². The molecule has 1 unspecified atom stereocenters. The maximum absolute atomic E-state index is 11.9. The number of nitrogens with one attached hydrogen (secondary N) is 2. The molecular formula is C12H19FmN2O3-. The zero-order valence-corrected chi connectivity index (χ0v) is 12.6. The minimum atomic E-state index is -0.434. The predicted octanol–water partition coefficient (Wildman–Crippen LogP) is 0.107. The summed E-state index contributed by atoms with van der Waals surface area (Å²) in [5, 5.41) is 5.37. The molecule has 2 aliphatic rings. The van der Waals surface area contributed by atoms with Gasteiger partial charge in [-0.1, -0.05) is 25.7 Å². The molecule has 0 bridgehead atoms. The van der Waals surface area contributed by atoms with Crippen molar-refractivity contribution in [1.82, 2.24) is 10.6 Å². The Morgan fingerprint density at radius 3 is 2.50 bits per heavy atom. The molecule has 6 heteroatoms. The van der Waals surface area contributed by atoms with E-state index >= 15 is 0 Å². The van der Waals surface area contributed by atoms with E-state index in [1.54, 1.807) is 6.41 Å². The van der Waals surface area contributed by atoms with Crippen LogP contribution >= 0.6 is 0 Å². The molecule has 1 atom stereocenters. The predicted molar refractivity (Wildman–Crippen MR) is 61.9 cm³/mol. The second kappa shape index (κ2) is 6.59. The summed E-state index contributed by atoms with van der Waals surface area (Å²) in [5.41, 5.74) is 0. The molecule has 1 heterocycles. The van der Waals surface area contributed by atoms with E-state index < -0.39 is 6.04 Å². The van der Waals surface area contributed by atoms with E-state index in [0.29, 0.717) is 19.1 Å². The third-order valence-corrected chi connectivity index (χ3v) is 3.58. The first-order chi connectivity index (χ1) is 8.29. The smallest absolute Gasteiger partial charge is 0.240 e. The molecule has 1 saturated carbocycles. The number of rotatable bonds is 6. The van der Waals surface area contributed by atoms with Crippen molar-refractivity contribution in [3.05, 3.63) is 0 Å². The monoisotopic (exact) mass is 496 g/mol. The summed E-state index contributed by atoms with van der Waals surface area (Å²) in [6, 6.07) is -0.321. The van der Waals surface area contributed by atoms with Crippen molar-refractivity contribution in [2.24, 2.45) is 5.92 Å². The van der Waals surface area contributed by atoms with Gasteiger partial charge in [0.1, 0.15) is 0 Å². The Morgan fingerprint density at radius 2 is 2.00 bits per heavy atom. The van der Waals surface area contributed by atoms with Gasteiger partial charge in [-0.25, -0.2) is 0 Å². The number of hydrogen-bond acceptors (Lipinski definition) is 3. The van der Waals surface area contributed by atoms with Gasteiger partial charge in [0.25, 0.3) is 0 Å². The Morgan fingerprint density at radius 1 is 1.33 bits per heavy atom. The van der Waals surface area contributed by atoms with E-state index in [9.17, 15) is 9.59 Å². The van der Waals surface area contributed by atoms with E-state index in [0.717, 1.165) is 19.3 Å². The molecule has 0 radical (unpaired) electrons. The Kier molecular flexibility index (Phi) is 5.11. The maximum Gasteiger partial charge on any atom is 0.240 e. The third kappa shape index (κ3) is 3.45. The maximum atomic E-state index is 11.9. The van der Waals surface area contributed by atoms with Crippen LogP contribution in [0.1, 0.15) is 32.1 Å². The number of carbonyl (C=O) groups excluding carboxylic acids is 2. The molecule has 0 aromatic rings. The second-order valence-electron chi connectivity index (χ2n) is 4.93. The van der Waals surface area contributed by atoms with Crippen LogP contribution in [0.4, 0.5) is 0 Å². The van der Waals surface area contributed by atoms with Crippen LogP contribution in [0.3, 0.4) is 0 Å². The summed E-state index contributed by atoms with van der Waals surface area (Å²) in [5.74, 6) is 0.456. The summed E-state index contributed by atoms with van der Waals surface area (Å²) in [4.78, 5) is 22.3. The molecule has 2 fully saturated rings. The van der Waals surface area contributed by atoms with Crippen LogP contribution < -0.4 is 10.6 Å². The molecule has 18 heavy (non-hydrogen) atoms. The van der Waals surface area contributed by atoms with Crippen LogP contribution in [0.2, 0.25) is 0 Å². The fourth-order valence-electron chi connectivity index (χ4n) is 2.50. The second-order valence-corrected chi connectivity index (χ2v) is 4.93. The molecule has 108 valence electrons. The van der Waals surface area contributed by atoms with Crippen molar-refractivity contribution < 1.29 is 14.3 Å². The largest absolute Gasteiger partial charge is 0.520 e. The van der Waals surface area contributed by atoms with E-state index in [4.69, 9.17) is 4.74 Å². The van der Waals surface area contributed by atoms with Crippen molar-refractivity contribution >= 4 is 12.3 Å². The molecule has 1 saturated heterocycles. The molecule has 1 aliphatic carbocycles. The molecular weight excluding hydrogens is 477 g/mol. The van der Waals surface area contributed by atoms with E-state index in [2.05, 4.69) is 10.6 Å². The standard InChI is InChI=1S/C12H19N2O3.Fm/c15-8-13-11(5-9-3-1-2-4-9)12(16)14-10-6-17-7-10;/h9-11H,1-7H2,(H,13,15)(H,14,16);/q-1;. The zero-order valence-electron chi connectivity index (χ0n) is 10.2. The van der Waals surface area contributed by atoms with Gasteiger partial charge < -0.3 is 20.2 Å². The van der Waals surface area contributed by atoms with Crippen molar-refractivity contribution in [2.75, 3.05) is 13.2 Å². The van der Waals surface area contributed by atoms with Gasteiger partial charge in [-0.05, 0) is 12.3 Å². The number of ether oxygens (including phenoxy) is 1. The molecule has 0 aromatic heterocycles. The summed E-state index contributed by atoms with van der Waals surface area (Å²) < 4.78 is 5.00. The number of carbonyl (C=O) groups is 1. The fraction of sp³-hybridized carbons (Fsp3) is 0.833. The quantitative estimate of drug-likeness (QED) is 0.406. The molecule has 1 aliphatic heterocycles. The van der Waals surface area contributed by atoms with E-state index in [-0.39, 0.29) is 11.9 Å². The van der Waals surface area contributed by atoms with Crippen LogP contribution in [0, 0.1) is 5.92 Å². The first-order valence-electron chi connectivity index (χ1n) is 6.30. The fourth-order valence-corrected chi connectivity index (χ4v) is 2.50. The molecule has 2 N–H and O–H groups in total. The minimum Gasteiger partial charge on any atom is -0.520 e. The Labute approximate surface area is 101 Å². The van der Waals surface area contributed by atoms with Crippen LogP contribution in [0.15, 0.2) is 0 Å². The van der Waals surface area contributed by atoms with Gasteiger partial charge in [0, 0.05) is 0 Å². The third-order valence-electron chi connectivity index (χ3n) is 3.58. The van der Waals surface area contributed by atoms with Gasteiger partial charge in [-0.3, -0.25) is 4.79 Å². The summed E-state index contributed by atoms with van der Waals surface area (Å²) in [7, 11) is 0. The average molecular weight is 496 g/mol. The Hall–Kier alpha value is -2.10. The number of amides is 2. The topological polar surface area (TPSA) is 67.4 Å². The van der Waals surface area contributed by atoms with Gasteiger partial charge >= 0.3 is 0 Å². The minimum absolute atomic E-state index is 0. The summed E-state index contributed by atoms with van der Waals surface area (Å²) in [6.07, 6.45) is 7.17. The van der Waals surface area contributed by atoms with Gasteiger partial charge in [0.05, 0.1) is 25.3 Å². The SMILES string of the molecule is O=[C-]NC(CC1CCCC1)C(=O)NC1COC1.[Fm]. The van der Waals surface area contributed by atoms with Crippen LogP contribution in [0.25, 0.3) is 0 Å².